The van der Waals surface area contributed by atoms with Crippen LogP contribution in [-0.4, -0.2) is 13.1 Å². The average Bonchev–Trinajstić information content (AvgIpc) is 2.84. The van der Waals surface area contributed by atoms with Gasteiger partial charge in [0.1, 0.15) is 0 Å². The van der Waals surface area contributed by atoms with Crippen molar-refractivity contribution in [3.8, 4) is 0 Å². The summed E-state index contributed by atoms with van der Waals surface area (Å²) in [5.74, 6) is 0.512. The molecule has 1 nitrogen and oxygen atoms in total. The van der Waals surface area contributed by atoms with Crippen molar-refractivity contribution in [2.75, 3.05) is 13.1 Å². The minimum atomic E-state index is 0.512. The quantitative estimate of drug-likeness (QED) is 0.707. The Morgan fingerprint density at radius 1 is 1.20 bits per heavy atom. The van der Waals surface area contributed by atoms with E-state index in [0.29, 0.717) is 5.92 Å². The van der Waals surface area contributed by atoms with Gasteiger partial charge in [0.2, 0.25) is 0 Å². The van der Waals surface area contributed by atoms with Gasteiger partial charge in [0.25, 0.3) is 0 Å². The largest absolute Gasteiger partial charge is 0.316 e. The molecule has 2 rings (SSSR count). The highest BCUT2D eigenvalue weighted by atomic mass is 35.5. The van der Waals surface area contributed by atoms with E-state index >= 15 is 0 Å². The number of benzene rings is 1. The van der Waals surface area contributed by atoms with Gasteiger partial charge in [0, 0.05) is 17.3 Å². The molecule has 1 aromatic carbocycles. The summed E-state index contributed by atoms with van der Waals surface area (Å²) in [5, 5.41) is 3.56. The first-order chi connectivity index (χ1) is 9.70. The number of thiophene rings is 1. The third-order valence-electron chi connectivity index (χ3n) is 3.52. The Balaban J connectivity index is 2.13. The lowest BCUT2D eigenvalue weighted by Gasteiger charge is -2.19. The topological polar surface area (TPSA) is 12.0 Å². The van der Waals surface area contributed by atoms with Crippen LogP contribution < -0.4 is 5.32 Å². The van der Waals surface area contributed by atoms with Crippen LogP contribution in [0.4, 0.5) is 0 Å². The third-order valence-corrected chi connectivity index (χ3v) is 4.78. The fourth-order valence-electron chi connectivity index (χ4n) is 2.49. The van der Waals surface area contributed by atoms with E-state index in [1.165, 1.54) is 22.4 Å². The molecule has 1 aromatic heterocycles. The Morgan fingerprint density at radius 3 is 2.65 bits per heavy atom. The first-order valence-corrected chi connectivity index (χ1v) is 8.40. The monoisotopic (exact) mass is 307 g/mol. The van der Waals surface area contributed by atoms with Crippen molar-refractivity contribution < 1.29 is 0 Å². The van der Waals surface area contributed by atoms with Crippen molar-refractivity contribution in [2.45, 2.75) is 32.6 Å². The van der Waals surface area contributed by atoms with E-state index in [2.05, 4.69) is 49.5 Å². The standard InChI is InChI=1S/C17H22ClNS/c1-3-10-19-12-14(11-15-8-9-17(18)20-15)16-7-5-4-6-13(16)2/h4-9,14,19H,3,10-12H2,1-2H3. The Kier molecular flexibility index (Phi) is 6.08. The zero-order valence-corrected chi connectivity index (χ0v) is 13.7. The van der Waals surface area contributed by atoms with Crippen LogP contribution in [0.5, 0.6) is 0 Å². The molecule has 108 valence electrons. The fourth-order valence-corrected chi connectivity index (χ4v) is 3.66. The van der Waals surface area contributed by atoms with E-state index in [-0.39, 0.29) is 0 Å². The van der Waals surface area contributed by atoms with Crippen molar-refractivity contribution >= 4 is 22.9 Å². The maximum atomic E-state index is 6.05. The molecule has 1 atom stereocenters. The molecule has 0 aliphatic rings. The van der Waals surface area contributed by atoms with Crippen LogP contribution in [0.15, 0.2) is 36.4 Å². The van der Waals surface area contributed by atoms with Crippen LogP contribution in [0.3, 0.4) is 0 Å². The van der Waals surface area contributed by atoms with E-state index in [9.17, 15) is 0 Å². The Bertz CT molecular complexity index is 535. The van der Waals surface area contributed by atoms with Gasteiger partial charge < -0.3 is 5.32 Å². The predicted octanol–water partition coefficient (Wildman–Crippen LogP) is 5.04. The van der Waals surface area contributed by atoms with Crippen molar-refractivity contribution in [3.05, 3.63) is 56.7 Å². The molecule has 0 spiro atoms. The summed E-state index contributed by atoms with van der Waals surface area (Å²) in [6.45, 7) is 6.50. The number of hydrogen-bond donors (Lipinski definition) is 1. The van der Waals surface area contributed by atoms with Gasteiger partial charge >= 0.3 is 0 Å². The minimum Gasteiger partial charge on any atom is -0.316 e. The van der Waals surface area contributed by atoms with E-state index in [1.54, 1.807) is 11.3 Å². The molecular weight excluding hydrogens is 286 g/mol. The first-order valence-electron chi connectivity index (χ1n) is 7.21. The highest BCUT2D eigenvalue weighted by Gasteiger charge is 2.15. The van der Waals surface area contributed by atoms with Gasteiger partial charge in [-0.05, 0) is 49.6 Å². The van der Waals surface area contributed by atoms with Crippen molar-refractivity contribution in [2.24, 2.45) is 0 Å². The second-order valence-corrected chi connectivity index (χ2v) is 6.97. The molecule has 3 heteroatoms. The van der Waals surface area contributed by atoms with Gasteiger partial charge in [-0.3, -0.25) is 0 Å². The van der Waals surface area contributed by atoms with E-state index in [1.807, 2.05) is 6.07 Å². The number of nitrogens with one attached hydrogen (secondary N) is 1. The minimum absolute atomic E-state index is 0.512. The van der Waals surface area contributed by atoms with E-state index in [0.717, 1.165) is 23.8 Å². The van der Waals surface area contributed by atoms with Gasteiger partial charge in [0.15, 0.2) is 0 Å². The van der Waals surface area contributed by atoms with Crippen LogP contribution in [0.2, 0.25) is 4.34 Å². The number of aryl methyl sites for hydroxylation is 1. The average molecular weight is 308 g/mol. The maximum absolute atomic E-state index is 6.05. The molecule has 2 aromatic rings. The van der Waals surface area contributed by atoms with Gasteiger partial charge in [-0.25, -0.2) is 0 Å². The Labute approximate surface area is 131 Å². The summed E-state index contributed by atoms with van der Waals surface area (Å²) in [6.07, 6.45) is 2.23. The zero-order chi connectivity index (χ0) is 14.4. The van der Waals surface area contributed by atoms with Crippen molar-refractivity contribution in [3.63, 3.8) is 0 Å². The summed E-state index contributed by atoms with van der Waals surface area (Å²) >= 11 is 7.74. The summed E-state index contributed by atoms with van der Waals surface area (Å²) in [6, 6.07) is 12.8. The second kappa shape index (κ2) is 7.82. The summed E-state index contributed by atoms with van der Waals surface area (Å²) in [7, 11) is 0. The van der Waals surface area contributed by atoms with Crippen LogP contribution in [0.25, 0.3) is 0 Å². The lowest BCUT2D eigenvalue weighted by atomic mass is 9.91. The van der Waals surface area contributed by atoms with Crippen LogP contribution in [0.1, 0.15) is 35.3 Å². The lowest BCUT2D eigenvalue weighted by molar-refractivity contribution is 0.577. The second-order valence-electron chi connectivity index (χ2n) is 5.17. The lowest BCUT2D eigenvalue weighted by Crippen LogP contribution is -2.24. The Morgan fingerprint density at radius 2 is 2.00 bits per heavy atom. The molecule has 0 saturated heterocycles. The molecule has 20 heavy (non-hydrogen) atoms. The molecule has 0 aliphatic carbocycles. The molecule has 0 radical (unpaired) electrons. The molecule has 0 aliphatic heterocycles. The van der Waals surface area contributed by atoms with Crippen molar-refractivity contribution in [1.82, 2.24) is 5.32 Å². The molecule has 0 fully saturated rings. The van der Waals surface area contributed by atoms with Crippen LogP contribution in [-0.2, 0) is 6.42 Å². The van der Waals surface area contributed by atoms with Gasteiger partial charge in [0.05, 0.1) is 4.34 Å². The summed E-state index contributed by atoms with van der Waals surface area (Å²) in [4.78, 5) is 1.36. The number of halogens is 1. The fraction of sp³-hybridized carbons (Fsp3) is 0.412. The summed E-state index contributed by atoms with van der Waals surface area (Å²) in [5.41, 5.74) is 2.82. The van der Waals surface area contributed by atoms with Crippen molar-refractivity contribution in [1.29, 1.82) is 0 Å². The molecule has 1 heterocycles. The SMILES string of the molecule is CCCNCC(Cc1ccc(Cl)s1)c1ccccc1C. The third kappa shape index (κ3) is 4.34. The highest BCUT2D eigenvalue weighted by Crippen LogP contribution is 2.29. The molecule has 0 amide bonds. The Hall–Kier alpha value is -0.830. The summed E-state index contributed by atoms with van der Waals surface area (Å²) < 4.78 is 0.880. The molecule has 1 N–H and O–H groups in total. The van der Waals surface area contributed by atoms with Gasteiger partial charge in [-0.1, -0.05) is 42.8 Å². The van der Waals surface area contributed by atoms with Crippen LogP contribution in [0, 0.1) is 6.92 Å². The van der Waals surface area contributed by atoms with Gasteiger partial charge in [-0.15, -0.1) is 11.3 Å². The predicted molar refractivity (Wildman–Crippen MR) is 90.1 cm³/mol. The molecule has 0 bridgehead atoms. The number of hydrogen-bond acceptors (Lipinski definition) is 2. The van der Waals surface area contributed by atoms with E-state index in [4.69, 9.17) is 11.6 Å². The van der Waals surface area contributed by atoms with Gasteiger partial charge in [-0.2, -0.15) is 0 Å². The highest BCUT2D eigenvalue weighted by molar-refractivity contribution is 7.16. The molecule has 0 saturated carbocycles. The maximum Gasteiger partial charge on any atom is 0.0931 e. The normalized spacial score (nSPS) is 12.6. The zero-order valence-electron chi connectivity index (χ0n) is 12.2. The smallest absolute Gasteiger partial charge is 0.0931 e. The van der Waals surface area contributed by atoms with E-state index < -0.39 is 0 Å². The first kappa shape index (κ1) is 15.6. The van der Waals surface area contributed by atoms with Crippen LogP contribution >= 0.6 is 22.9 Å². The number of rotatable bonds is 7. The molecular formula is C17H22ClNS. The molecule has 1 unspecified atom stereocenters.